The van der Waals surface area contributed by atoms with E-state index in [1.165, 1.54) is 16.3 Å². The van der Waals surface area contributed by atoms with Gasteiger partial charge in [-0.3, -0.25) is 0 Å². The zero-order valence-electron chi connectivity index (χ0n) is 10.0. The van der Waals surface area contributed by atoms with Crippen molar-refractivity contribution in [3.8, 4) is 0 Å². The number of aryl methyl sites for hydroxylation is 1. The number of aromatic nitrogens is 4. The maximum atomic E-state index is 11.2. The summed E-state index contributed by atoms with van der Waals surface area (Å²) in [6, 6.07) is 0. The largest absolute Gasteiger partial charge is 0.298 e. The van der Waals surface area contributed by atoms with E-state index in [0.717, 1.165) is 22.7 Å². The van der Waals surface area contributed by atoms with Gasteiger partial charge in [0.2, 0.25) is 0 Å². The lowest BCUT2D eigenvalue weighted by molar-refractivity contribution is 0.600. The van der Waals surface area contributed by atoms with Crippen molar-refractivity contribution in [1.82, 2.24) is 19.6 Å². The normalized spacial score (nSPS) is 12.2. The van der Waals surface area contributed by atoms with E-state index in [4.69, 9.17) is 10.7 Å². The van der Waals surface area contributed by atoms with Crippen molar-refractivity contribution >= 4 is 37.3 Å². The number of rotatable bonds is 3. The molecule has 0 aliphatic rings. The van der Waals surface area contributed by atoms with Crippen LogP contribution < -0.4 is 0 Å². The number of nitrogens with zero attached hydrogens (tertiary/aromatic N) is 4. The van der Waals surface area contributed by atoms with Crippen LogP contribution in [0.5, 0.6) is 0 Å². The minimum absolute atomic E-state index is 0.244. The fourth-order valence-electron chi connectivity index (χ4n) is 1.71. The summed E-state index contributed by atoms with van der Waals surface area (Å²) in [5.74, 6) is 0.244. The Morgan fingerprint density at radius 2 is 2.06 bits per heavy atom. The molecule has 0 amide bonds. The van der Waals surface area contributed by atoms with Crippen molar-refractivity contribution in [2.45, 2.75) is 30.5 Å². The molecule has 0 saturated heterocycles. The van der Waals surface area contributed by atoms with Crippen molar-refractivity contribution in [3.63, 3.8) is 0 Å². The van der Waals surface area contributed by atoms with Crippen LogP contribution in [-0.2, 0) is 15.5 Å². The Labute approximate surface area is 113 Å². The van der Waals surface area contributed by atoms with E-state index < -0.39 is 14.2 Å². The Kier molecular flexibility index (Phi) is 3.52. The second kappa shape index (κ2) is 4.67. The van der Waals surface area contributed by atoms with Crippen LogP contribution in [0.2, 0.25) is 0 Å². The van der Waals surface area contributed by atoms with E-state index in [2.05, 4.69) is 15.1 Å². The summed E-state index contributed by atoms with van der Waals surface area (Å²) in [5.41, 5.74) is 1.85. The molecule has 0 aliphatic carbocycles. The molecule has 0 aliphatic heterocycles. The van der Waals surface area contributed by atoms with Crippen molar-refractivity contribution < 1.29 is 8.42 Å². The molecular weight excluding hydrogens is 296 g/mol. The molecule has 0 atom stereocenters. The van der Waals surface area contributed by atoms with Gasteiger partial charge in [-0.25, -0.2) is 13.4 Å². The third-order valence-corrected chi connectivity index (χ3v) is 4.32. The molecule has 0 saturated carbocycles. The minimum atomic E-state index is -3.94. The van der Waals surface area contributed by atoms with Gasteiger partial charge in [-0.2, -0.15) is 9.50 Å². The van der Waals surface area contributed by atoms with Gasteiger partial charge in [0.15, 0.2) is 0 Å². The summed E-state index contributed by atoms with van der Waals surface area (Å²) in [4.78, 5) is 8.08. The predicted molar refractivity (Wildman–Crippen MR) is 69.7 cm³/mol. The Balaban J connectivity index is 2.85. The second-order valence-corrected chi connectivity index (χ2v) is 6.84. The van der Waals surface area contributed by atoms with Crippen LogP contribution in [0.15, 0.2) is 10.2 Å². The SMILES string of the molecule is CCc1c(C)nc2nc(S(=O)(=O)Cl)nn2c1SC. The number of hydrogen-bond acceptors (Lipinski definition) is 6. The molecular formula is C9H11ClN4O2S2. The van der Waals surface area contributed by atoms with Crippen LogP contribution in [-0.4, -0.2) is 34.3 Å². The third-order valence-electron chi connectivity index (χ3n) is 2.49. The molecule has 2 heterocycles. The van der Waals surface area contributed by atoms with Crippen LogP contribution in [0, 0.1) is 6.92 Å². The fourth-order valence-corrected chi connectivity index (χ4v) is 3.11. The van der Waals surface area contributed by atoms with Crippen molar-refractivity contribution in [2.75, 3.05) is 6.26 Å². The first-order valence-corrected chi connectivity index (χ1v) is 8.66. The summed E-state index contributed by atoms with van der Waals surface area (Å²) in [5, 5.41) is 4.32. The van der Waals surface area contributed by atoms with Crippen LogP contribution in [0.4, 0.5) is 0 Å². The predicted octanol–water partition coefficient (Wildman–Crippen LogP) is 1.64. The van der Waals surface area contributed by atoms with E-state index in [1.807, 2.05) is 20.1 Å². The zero-order chi connectivity index (χ0) is 13.5. The lowest BCUT2D eigenvalue weighted by Gasteiger charge is -2.08. The molecule has 0 aromatic carbocycles. The van der Waals surface area contributed by atoms with Crippen molar-refractivity contribution in [3.05, 3.63) is 11.3 Å². The summed E-state index contributed by atoms with van der Waals surface area (Å²) < 4.78 is 23.9. The molecule has 2 aromatic heterocycles. The Bertz CT molecular complexity index is 711. The topological polar surface area (TPSA) is 77.2 Å². The smallest absolute Gasteiger partial charge is 0.216 e. The van der Waals surface area contributed by atoms with E-state index in [-0.39, 0.29) is 5.78 Å². The van der Waals surface area contributed by atoms with E-state index in [0.29, 0.717) is 0 Å². The minimum Gasteiger partial charge on any atom is -0.216 e. The molecule has 18 heavy (non-hydrogen) atoms. The quantitative estimate of drug-likeness (QED) is 0.487. The molecule has 2 aromatic rings. The first-order chi connectivity index (χ1) is 8.38. The lowest BCUT2D eigenvalue weighted by Crippen LogP contribution is -2.04. The van der Waals surface area contributed by atoms with Crippen LogP contribution in [0.1, 0.15) is 18.2 Å². The second-order valence-electron chi connectivity index (χ2n) is 3.58. The summed E-state index contributed by atoms with van der Waals surface area (Å²) >= 11 is 1.47. The summed E-state index contributed by atoms with van der Waals surface area (Å²) in [6.45, 7) is 3.87. The fraction of sp³-hybridized carbons (Fsp3) is 0.444. The first kappa shape index (κ1) is 13.6. The molecule has 98 valence electrons. The average molecular weight is 307 g/mol. The maximum absolute atomic E-state index is 11.2. The van der Waals surface area contributed by atoms with E-state index in [9.17, 15) is 8.42 Å². The molecule has 0 unspecified atom stereocenters. The van der Waals surface area contributed by atoms with Crippen molar-refractivity contribution in [1.29, 1.82) is 0 Å². The highest BCUT2D eigenvalue weighted by molar-refractivity contribution is 8.13. The van der Waals surface area contributed by atoms with Crippen molar-refractivity contribution in [2.24, 2.45) is 0 Å². The van der Waals surface area contributed by atoms with Crippen LogP contribution >= 0.6 is 22.4 Å². The highest BCUT2D eigenvalue weighted by atomic mass is 35.7. The van der Waals surface area contributed by atoms with Gasteiger partial charge in [0, 0.05) is 21.9 Å². The Morgan fingerprint density at radius 3 is 2.56 bits per heavy atom. The van der Waals surface area contributed by atoms with Crippen LogP contribution in [0.25, 0.3) is 5.78 Å². The third kappa shape index (κ3) is 2.19. The lowest BCUT2D eigenvalue weighted by atomic mass is 10.2. The number of hydrogen-bond donors (Lipinski definition) is 0. The monoisotopic (exact) mass is 306 g/mol. The number of fused-ring (bicyclic) bond motifs is 1. The zero-order valence-corrected chi connectivity index (χ0v) is 12.4. The van der Waals surface area contributed by atoms with Gasteiger partial charge >= 0.3 is 0 Å². The molecule has 9 heteroatoms. The molecule has 2 rings (SSSR count). The molecule has 0 fully saturated rings. The van der Waals surface area contributed by atoms with Gasteiger partial charge in [-0.05, 0) is 19.6 Å². The number of thioether (sulfide) groups is 1. The van der Waals surface area contributed by atoms with Gasteiger partial charge in [-0.15, -0.1) is 16.9 Å². The summed E-state index contributed by atoms with van der Waals surface area (Å²) in [7, 11) is 1.30. The van der Waals surface area contributed by atoms with Gasteiger partial charge in [-0.1, -0.05) is 6.92 Å². The Hall–Kier alpha value is -0.860. The molecule has 0 bridgehead atoms. The van der Waals surface area contributed by atoms with Gasteiger partial charge < -0.3 is 0 Å². The molecule has 0 radical (unpaired) electrons. The van der Waals surface area contributed by atoms with E-state index >= 15 is 0 Å². The molecule has 6 nitrogen and oxygen atoms in total. The van der Waals surface area contributed by atoms with Gasteiger partial charge in [0.05, 0.1) is 0 Å². The summed E-state index contributed by atoms with van der Waals surface area (Å²) in [6.07, 6.45) is 2.68. The Morgan fingerprint density at radius 1 is 1.39 bits per heavy atom. The molecule has 0 N–H and O–H groups in total. The maximum Gasteiger partial charge on any atom is 0.298 e. The standard InChI is InChI=1S/C9H11ClN4O2S2/c1-4-6-5(2)11-8-12-9(18(10,15)16)13-14(8)7(6)17-3/h4H2,1-3H3. The highest BCUT2D eigenvalue weighted by Gasteiger charge is 2.21. The van der Waals surface area contributed by atoms with Gasteiger partial charge in [0.25, 0.3) is 20.0 Å². The first-order valence-electron chi connectivity index (χ1n) is 5.13. The average Bonchev–Trinajstić information content (AvgIpc) is 2.70. The highest BCUT2D eigenvalue weighted by Crippen LogP contribution is 2.24. The van der Waals surface area contributed by atoms with Gasteiger partial charge in [0.1, 0.15) is 5.03 Å². The van der Waals surface area contributed by atoms with Crippen LogP contribution in [0.3, 0.4) is 0 Å². The van der Waals surface area contributed by atoms with E-state index in [1.54, 1.807) is 0 Å². The number of halogens is 1. The molecule has 0 spiro atoms.